The van der Waals surface area contributed by atoms with E-state index in [2.05, 4.69) is 57.1 Å². The standard InChI is InChI=1S/C30H37ClN6O2/c1-20(30(2,3)4)35(5)18-21-8-13-26-25(17-21)33-29(34-28(39)22-9-11-23(31)12-10-22)37(26)19-24-7-6-16-36(24)27(38)14-15-32/h8-13,17,20,24H,6-7,14,16,18-19H2,1-5H3,(H,33,34,39). The van der Waals surface area contributed by atoms with E-state index in [1.54, 1.807) is 29.2 Å². The molecule has 4 rings (SSSR count). The zero-order valence-electron chi connectivity index (χ0n) is 23.4. The summed E-state index contributed by atoms with van der Waals surface area (Å²) in [6, 6.07) is 15.2. The molecule has 1 aliphatic heterocycles. The third-order valence-corrected chi connectivity index (χ3v) is 8.06. The van der Waals surface area contributed by atoms with Crippen LogP contribution < -0.4 is 5.32 Å². The number of fused-ring (bicyclic) bond motifs is 1. The first-order chi connectivity index (χ1) is 18.5. The molecule has 0 radical (unpaired) electrons. The van der Waals surface area contributed by atoms with E-state index in [9.17, 15) is 9.59 Å². The summed E-state index contributed by atoms with van der Waals surface area (Å²) in [5.41, 5.74) is 3.42. The predicted octanol–water partition coefficient (Wildman–Crippen LogP) is 5.71. The SMILES string of the molecule is CC(N(C)Cc1ccc2c(c1)nc(NC(=O)c1ccc(Cl)cc1)n2CC1CCCN1C(=O)CC#N)C(C)(C)C. The number of amides is 2. The van der Waals surface area contributed by atoms with Crippen molar-refractivity contribution in [1.82, 2.24) is 19.4 Å². The van der Waals surface area contributed by atoms with Gasteiger partial charge in [0.1, 0.15) is 6.42 Å². The van der Waals surface area contributed by atoms with Crippen molar-refractivity contribution in [1.29, 1.82) is 5.26 Å². The number of nitrogens with zero attached hydrogens (tertiary/aromatic N) is 5. The van der Waals surface area contributed by atoms with Crippen LogP contribution in [0.15, 0.2) is 42.5 Å². The topological polar surface area (TPSA) is 94.3 Å². The van der Waals surface area contributed by atoms with Gasteiger partial charge in [0.05, 0.1) is 17.1 Å². The van der Waals surface area contributed by atoms with Crippen molar-refractivity contribution in [3.8, 4) is 6.07 Å². The van der Waals surface area contributed by atoms with Crippen LogP contribution in [0.2, 0.25) is 5.02 Å². The number of hydrogen-bond donors (Lipinski definition) is 1. The van der Waals surface area contributed by atoms with E-state index in [-0.39, 0.29) is 29.7 Å². The predicted molar refractivity (Wildman–Crippen MR) is 154 cm³/mol. The Bertz CT molecular complexity index is 1390. The second-order valence-corrected chi connectivity index (χ2v) is 11.9. The molecule has 2 heterocycles. The molecule has 1 N–H and O–H groups in total. The lowest BCUT2D eigenvalue weighted by Crippen LogP contribution is -2.38. The summed E-state index contributed by atoms with van der Waals surface area (Å²) in [5.74, 6) is -0.0152. The van der Waals surface area contributed by atoms with Crippen molar-refractivity contribution in [3.63, 3.8) is 0 Å². The van der Waals surface area contributed by atoms with E-state index >= 15 is 0 Å². The van der Waals surface area contributed by atoms with E-state index in [4.69, 9.17) is 21.8 Å². The number of benzene rings is 2. The Labute approximate surface area is 235 Å². The van der Waals surface area contributed by atoms with E-state index in [1.165, 1.54) is 0 Å². The van der Waals surface area contributed by atoms with Gasteiger partial charge < -0.3 is 9.47 Å². The number of nitriles is 1. The summed E-state index contributed by atoms with van der Waals surface area (Å²) in [4.78, 5) is 34.7. The lowest BCUT2D eigenvalue weighted by molar-refractivity contribution is -0.131. The zero-order chi connectivity index (χ0) is 28.3. The second kappa shape index (κ2) is 11.8. The van der Waals surface area contributed by atoms with Gasteiger partial charge in [-0.05, 0) is 74.2 Å². The molecule has 1 saturated heterocycles. The molecular formula is C30H37ClN6O2. The minimum Gasteiger partial charge on any atom is -0.337 e. The van der Waals surface area contributed by atoms with Gasteiger partial charge in [0.25, 0.3) is 5.91 Å². The molecule has 1 aromatic heterocycles. The lowest BCUT2D eigenvalue weighted by atomic mass is 9.87. The number of imidazole rings is 1. The molecule has 39 heavy (non-hydrogen) atoms. The van der Waals surface area contributed by atoms with Crippen LogP contribution in [0, 0.1) is 16.7 Å². The molecule has 8 nitrogen and oxygen atoms in total. The van der Waals surface area contributed by atoms with Gasteiger partial charge in [0.2, 0.25) is 11.9 Å². The minimum absolute atomic E-state index is 0.0760. The molecule has 0 saturated carbocycles. The summed E-state index contributed by atoms with van der Waals surface area (Å²) >= 11 is 6.00. The van der Waals surface area contributed by atoms with Gasteiger partial charge >= 0.3 is 0 Å². The molecule has 2 atom stereocenters. The highest BCUT2D eigenvalue weighted by molar-refractivity contribution is 6.30. The number of carbonyl (C=O) groups is 2. The zero-order valence-corrected chi connectivity index (χ0v) is 24.1. The van der Waals surface area contributed by atoms with Crippen LogP contribution in [0.1, 0.15) is 62.9 Å². The smallest absolute Gasteiger partial charge is 0.257 e. The number of halogens is 1. The Balaban J connectivity index is 1.67. The molecule has 9 heteroatoms. The monoisotopic (exact) mass is 548 g/mol. The van der Waals surface area contributed by atoms with Crippen LogP contribution >= 0.6 is 11.6 Å². The van der Waals surface area contributed by atoms with Gasteiger partial charge in [0.15, 0.2) is 0 Å². The third-order valence-electron chi connectivity index (χ3n) is 7.81. The normalized spacial score (nSPS) is 16.5. The first-order valence-electron chi connectivity index (χ1n) is 13.4. The van der Waals surface area contributed by atoms with Crippen molar-refractivity contribution in [2.24, 2.45) is 5.41 Å². The summed E-state index contributed by atoms with van der Waals surface area (Å²) in [7, 11) is 2.13. The Kier molecular flexibility index (Phi) is 8.63. The van der Waals surface area contributed by atoms with E-state index < -0.39 is 0 Å². The number of aromatic nitrogens is 2. The van der Waals surface area contributed by atoms with Gasteiger partial charge in [-0.25, -0.2) is 4.98 Å². The molecule has 0 spiro atoms. The van der Waals surface area contributed by atoms with Crippen molar-refractivity contribution >= 4 is 40.4 Å². The molecule has 206 valence electrons. The summed E-state index contributed by atoms with van der Waals surface area (Å²) in [6.07, 6.45) is 1.57. The Morgan fingerprint density at radius 2 is 1.95 bits per heavy atom. The number of likely N-dealkylation sites (tertiary alicyclic amines) is 1. The number of carbonyl (C=O) groups excluding carboxylic acids is 2. The third kappa shape index (κ3) is 6.60. The first-order valence-corrected chi connectivity index (χ1v) is 13.8. The van der Waals surface area contributed by atoms with Gasteiger partial charge in [-0.3, -0.25) is 19.8 Å². The number of rotatable bonds is 8. The van der Waals surface area contributed by atoms with Crippen molar-refractivity contribution in [2.45, 2.75) is 72.1 Å². The molecular weight excluding hydrogens is 512 g/mol. The molecule has 1 aliphatic rings. The van der Waals surface area contributed by atoms with Crippen molar-refractivity contribution in [2.75, 3.05) is 18.9 Å². The maximum absolute atomic E-state index is 13.1. The average Bonchev–Trinajstić information content (AvgIpc) is 3.48. The van der Waals surface area contributed by atoms with Crippen LogP contribution in [-0.2, 0) is 17.9 Å². The number of nitrogens with one attached hydrogen (secondary N) is 1. The maximum Gasteiger partial charge on any atom is 0.257 e. The quantitative estimate of drug-likeness (QED) is 0.389. The van der Waals surface area contributed by atoms with E-state index in [1.807, 2.05) is 16.7 Å². The maximum atomic E-state index is 13.1. The van der Waals surface area contributed by atoms with Crippen LogP contribution in [0.4, 0.5) is 5.95 Å². The van der Waals surface area contributed by atoms with Crippen LogP contribution in [0.25, 0.3) is 11.0 Å². The summed E-state index contributed by atoms with van der Waals surface area (Å²) in [6.45, 7) is 10.8. The molecule has 2 unspecified atom stereocenters. The van der Waals surface area contributed by atoms with Gasteiger partial charge in [0, 0.05) is 42.3 Å². The highest BCUT2D eigenvalue weighted by atomic mass is 35.5. The van der Waals surface area contributed by atoms with Gasteiger partial charge in [-0.1, -0.05) is 38.4 Å². The van der Waals surface area contributed by atoms with E-state index in [0.717, 1.165) is 36.0 Å². The fourth-order valence-electron chi connectivity index (χ4n) is 5.15. The fraction of sp³-hybridized carbons (Fsp3) is 0.467. The van der Waals surface area contributed by atoms with E-state index in [0.29, 0.717) is 35.7 Å². The molecule has 2 aromatic carbocycles. The van der Waals surface area contributed by atoms with Crippen molar-refractivity contribution in [3.05, 3.63) is 58.6 Å². The Morgan fingerprint density at radius 1 is 1.23 bits per heavy atom. The Morgan fingerprint density at radius 3 is 2.62 bits per heavy atom. The highest BCUT2D eigenvalue weighted by Gasteiger charge is 2.30. The number of anilines is 1. The molecule has 2 amide bonds. The minimum atomic E-state index is -0.286. The summed E-state index contributed by atoms with van der Waals surface area (Å²) in [5, 5.41) is 12.6. The fourth-order valence-corrected chi connectivity index (χ4v) is 5.27. The molecule has 1 fully saturated rings. The number of hydrogen-bond acceptors (Lipinski definition) is 5. The second-order valence-electron chi connectivity index (χ2n) is 11.5. The Hall–Kier alpha value is -3.41. The molecule has 3 aromatic rings. The molecule has 0 bridgehead atoms. The highest BCUT2D eigenvalue weighted by Crippen LogP contribution is 2.28. The summed E-state index contributed by atoms with van der Waals surface area (Å²) < 4.78 is 1.98. The average molecular weight is 549 g/mol. The van der Waals surface area contributed by atoms with Crippen LogP contribution in [-0.4, -0.2) is 56.8 Å². The van der Waals surface area contributed by atoms with Gasteiger partial charge in [-0.2, -0.15) is 5.26 Å². The van der Waals surface area contributed by atoms with Gasteiger partial charge in [-0.15, -0.1) is 0 Å². The lowest BCUT2D eigenvalue weighted by Gasteiger charge is -2.35. The first kappa shape index (κ1) is 28.6. The van der Waals surface area contributed by atoms with Crippen LogP contribution in [0.5, 0.6) is 0 Å². The molecule has 0 aliphatic carbocycles. The largest absolute Gasteiger partial charge is 0.337 e. The van der Waals surface area contributed by atoms with Crippen LogP contribution in [0.3, 0.4) is 0 Å². The van der Waals surface area contributed by atoms with Crippen molar-refractivity contribution < 1.29 is 9.59 Å².